The number of carbonyl (C=O) groups is 1. The van der Waals surface area contributed by atoms with Crippen LogP contribution in [0.4, 0.5) is 0 Å². The monoisotopic (exact) mass is 206 g/mol. The highest BCUT2D eigenvalue weighted by Gasteiger charge is 2.26. The van der Waals surface area contributed by atoms with E-state index in [1.54, 1.807) is 6.20 Å². The van der Waals surface area contributed by atoms with Crippen molar-refractivity contribution in [1.82, 2.24) is 9.55 Å². The number of aromatic nitrogens is 2. The molecule has 1 heterocycles. The summed E-state index contributed by atoms with van der Waals surface area (Å²) < 4.78 is 1.99. The van der Waals surface area contributed by atoms with Crippen molar-refractivity contribution in [3.05, 3.63) is 18.2 Å². The summed E-state index contributed by atoms with van der Waals surface area (Å²) in [7, 11) is 0. The highest BCUT2D eigenvalue weighted by Crippen LogP contribution is 2.27. The molecule has 0 amide bonds. The molecular formula is C12H18N2O. The Bertz CT molecular complexity index is 337. The van der Waals surface area contributed by atoms with Crippen molar-refractivity contribution < 1.29 is 4.79 Å². The second-order valence-corrected chi connectivity index (χ2v) is 4.29. The lowest BCUT2D eigenvalue weighted by Gasteiger charge is -2.09. The highest BCUT2D eigenvalue weighted by atomic mass is 16.1. The fourth-order valence-corrected chi connectivity index (χ4v) is 2.33. The molecule has 15 heavy (non-hydrogen) atoms. The van der Waals surface area contributed by atoms with Gasteiger partial charge in [0.25, 0.3) is 0 Å². The van der Waals surface area contributed by atoms with Crippen molar-refractivity contribution in [3.8, 4) is 0 Å². The SMILES string of the molecule is CCCn1ccnc1C(=O)C1CCCC1. The molecule has 0 N–H and O–H groups in total. The number of imidazole rings is 1. The standard InChI is InChI=1S/C12H18N2O/c1-2-8-14-9-7-13-12(14)11(15)10-5-3-4-6-10/h7,9-10H,2-6,8H2,1H3. The van der Waals surface area contributed by atoms with Crippen molar-refractivity contribution in [2.24, 2.45) is 5.92 Å². The summed E-state index contributed by atoms with van der Waals surface area (Å²) >= 11 is 0. The highest BCUT2D eigenvalue weighted by molar-refractivity contribution is 5.94. The Morgan fingerprint density at radius 2 is 2.27 bits per heavy atom. The van der Waals surface area contributed by atoms with Gasteiger partial charge in [0.1, 0.15) is 0 Å². The van der Waals surface area contributed by atoms with Gasteiger partial charge in [-0.05, 0) is 19.3 Å². The summed E-state index contributed by atoms with van der Waals surface area (Å²) in [5.41, 5.74) is 0. The number of rotatable bonds is 4. The maximum Gasteiger partial charge on any atom is 0.201 e. The van der Waals surface area contributed by atoms with Gasteiger partial charge in [-0.15, -0.1) is 0 Å². The molecule has 0 aliphatic heterocycles. The van der Waals surface area contributed by atoms with Crippen LogP contribution >= 0.6 is 0 Å². The minimum atomic E-state index is 0.239. The quantitative estimate of drug-likeness (QED) is 0.710. The number of nitrogens with zero attached hydrogens (tertiary/aromatic N) is 2. The van der Waals surface area contributed by atoms with Crippen LogP contribution in [-0.2, 0) is 6.54 Å². The van der Waals surface area contributed by atoms with Crippen molar-refractivity contribution in [3.63, 3.8) is 0 Å². The predicted molar refractivity (Wildman–Crippen MR) is 58.8 cm³/mol. The molecule has 1 fully saturated rings. The largest absolute Gasteiger partial charge is 0.329 e. The van der Waals surface area contributed by atoms with E-state index in [0.717, 1.165) is 25.8 Å². The minimum absolute atomic E-state index is 0.239. The van der Waals surface area contributed by atoms with Gasteiger partial charge in [0.15, 0.2) is 5.82 Å². The maximum absolute atomic E-state index is 12.1. The average molecular weight is 206 g/mol. The molecule has 1 aliphatic rings. The van der Waals surface area contributed by atoms with Gasteiger partial charge >= 0.3 is 0 Å². The van der Waals surface area contributed by atoms with E-state index in [4.69, 9.17) is 0 Å². The minimum Gasteiger partial charge on any atom is -0.329 e. The van der Waals surface area contributed by atoms with Crippen LogP contribution in [0.2, 0.25) is 0 Å². The van der Waals surface area contributed by atoms with E-state index in [1.165, 1.54) is 12.8 Å². The molecule has 1 aromatic heterocycles. The van der Waals surface area contributed by atoms with Crippen LogP contribution in [-0.4, -0.2) is 15.3 Å². The summed E-state index contributed by atoms with van der Waals surface area (Å²) in [4.78, 5) is 16.3. The molecule has 3 heteroatoms. The zero-order chi connectivity index (χ0) is 10.7. The molecule has 0 saturated heterocycles. The molecule has 3 nitrogen and oxygen atoms in total. The summed E-state index contributed by atoms with van der Waals surface area (Å²) in [6, 6.07) is 0. The number of hydrogen-bond donors (Lipinski definition) is 0. The predicted octanol–water partition coefficient (Wildman–Crippen LogP) is 2.67. The molecule has 1 aromatic rings. The zero-order valence-electron chi connectivity index (χ0n) is 9.28. The van der Waals surface area contributed by atoms with Gasteiger partial charge in [0.05, 0.1) is 0 Å². The Hall–Kier alpha value is -1.12. The number of aryl methyl sites for hydroxylation is 1. The second kappa shape index (κ2) is 4.60. The van der Waals surface area contributed by atoms with Gasteiger partial charge in [-0.3, -0.25) is 4.79 Å². The van der Waals surface area contributed by atoms with Crippen LogP contribution in [0.3, 0.4) is 0 Å². The zero-order valence-corrected chi connectivity index (χ0v) is 9.28. The Labute approximate surface area is 90.5 Å². The lowest BCUT2D eigenvalue weighted by molar-refractivity contribution is 0.0907. The first-order valence-electron chi connectivity index (χ1n) is 5.88. The molecule has 0 bridgehead atoms. The summed E-state index contributed by atoms with van der Waals surface area (Å²) in [6.45, 7) is 3.01. The Morgan fingerprint density at radius 1 is 1.53 bits per heavy atom. The molecule has 0 spiro atoms. The molecule has 1 saturated carbocycles. The first-order chi connectivity index (χ1) is 7.33. The van der Waals surface area contributed by atoms with Crippen LogP contribution in [0.15, 0.2) is 12.4 Å². The van der Waals surface area contributed by atoms with Crippen molar-refractivity contribution in [2.45, 2.75) is 45.6 Å². The van der Waals surface area contributed by atoms with E-state index in [2.05, 4.69) is 11.9 Å². The van der Waals surface area contributed by atoms with Gasteiger partial charge < -0.3 is 4.57 Å². The van der Waals surface area contributed by atoms with Crippen molar-refractivity contribution >= 4 is 5.78 Å². The van der Waals surface area contributed by atoms with Crippen LogP contribution in [0.1, 0.15) is 49.6 Å². The fourth-order valence-electron chi connectivity index (χ4n) is 2.33. The van der Waals surface area contributed by atoms with Gasteiger partial charge in [-0.25, -0.2) is 4.98 Å². The molecule has 0 atom stereocenters. The summed E-state index contributed by atoms with van der Waals surface area (Å²) in [5.74, 6) is 1.16. The van der Waals surface area contributed by atoms with Crippen LogP contribution in [0.5, 0.6) is 0 Å². The van der Waals surface area contributed by atoms with E-state index in [9.17, 15) is 4.79 Å². The summed E-state index contributed by atoms with van der Waals surface area (Å²) in [5, 5.41) is 0. The number of carbonyl (C=O) groups excluding carboxylic acids is 1. The molecule has 0 aromatic carbocycles. The van der Waals surface area contributed by atoms with E-state index >= 15 is 0 Å². The first kappa shape index (κ1) is 10.4. The third-order valence-corrected chi connectivity index (χ3v) is 3.13. The van der Waals surface area contributed by atoms with Gasteiger partial charge in [0, 0.05) is 24.9 Å². The van der Waals surface area contributed by atoms with Gasteiger partial charge in [-0.2, -0.15) is 0 Å². The number of Topliss-reactive ketones (excluding diaryl/α,β-unsaturated/α-hetero) is 1. The molecule has 1 aliphatic carbocycles. The average Bonchev–Trinajstić information content (AvgIpc) is 2.87. The summed E-state index contributed by atoms with van der Waals surface area (Å²) in [6.07, 6.45) is 9.19. The van der Waals surface area contributed by atoms with Gasteiger partial charge in [0.2, 0.25) is 5.78 Å². The normalized spacial score (nSPS) is 17.1. The fraction of sp³-hybridized carbons (Fsp3) is 0.667. The molecule has 82 valence electrons. The number of ketones is 1. The third kappa shape index (κ3) is 2.11. The lowest BCUT2D eigenvalue weighted by Crippen LogP contribution is -2.17. The van der Waals surface area contributed by atoms with Crippen molar-refractivity contribution in [1.29, 1.82) is 0 Å². The molecule has 0 radical (unpaired) electrons. The third-order valence-electron chi connectivity index (χ3n) is 3.13. The first-order valence-corrected chi connectivity index (χ1v) is 5.88. The lowest BCUT2D eigenvalue weighted by atomic mass is 10.0. The Morgan fingerprint density at radius 3 is 2.93 bits per heavy atom. The van der Waals surface area contributed by atoms with E-state index in [1.807, 2.05) is 10.8 Å². The Kier molecular flexibility index (Phi) is 3.19. The van der Waals surface area contributed by atoms with Gasteiger partial charge in [-0.1, -0.05) is 19.8 Å². The van der Waals surface area contributed by atoms with E-state index in [-0.39, 0.29) is 11.7 Å². The topological polar surface area (TPSA) is 34.9 Å². The van der Waals surface area contributed by atoms with E-state index < -0.39 is 0 Å². The second-order valence-electron chi connectivity index (χ2n) is 4.29. The Balaban J connectivity index is 2.13. The smallest absolute Gasteiger partial charge is 0.201 e. The maximum atomic E-state index is 12.1. The van der Waals surface area contributed by atoms with Crippen molar-refractivity contribution in [2.75, 3.05) is 0 Å². The molecule has 2 rings (SSSR count). The molecule has 0 unspecified atom stereocenters. The van der Waals surface area contributed by atoms with Crippen LogP contribution in [0.25, 0.3) is 0 Å². The van der Waals surface area contributed by atoms with Crippen LogP contribution < -0.4 is 0 Å². The molecular weight excluding hydrogens is 188 g/mol. The van der Waals surface area contributed by atoms with Crippen LogP contribution in [0, 0.1) is 5.92 Å². The van der Waals surface area contributed by atoms with E-state index in [0.29, 0.717) is 5.82 Å². The number of hydrogen-bond acceptors (Lipinski definition) is 2.